The molecule has 1 aromatic carbocycles. The molecule has 0 fully saturated rings. The van der Waals surface area contributed by atoms with Gasteiger partial charge in [0.15, 0.2) is 0 Å². The van der Waals surface area contributed by atoms with Crippen molar-refractivity contribution >= 4 is 28.3 Å². The number of fused-ring (bicyclic) bond motifs is 3. The first kappa shape index (κ1) is 7.38. The van der Waals surface area contributed by atoms with Gasteiger partial charge in [-0.15, -0.1) is 0 Å². The summed E-state index contributed by atoms with van der Waals surface area (Å²) < 4.78 is 1.55. The van der Waals surface area contributed by atoms with Crippen molar-refractivity contribution in [3.8, 4) is 0 Å². The highest BCUT2D eigenvalue weighted by atomic mass is 16.1. The number of aromatic amines is 1. The van der Waals surface area contributed by atoms with Crippen LogP contribution in [0.1, 0.15) is 0 Å². The molecule has 2 aromatic heterocycles. The fourth-order valence-electron chi connectivity index (χ4n) is 1.84. The maximum absolute atomic E-state index is 10.7. The number of benzene rings is 1. The molecule has 3 aromatic rings. The van der Waals surface area contributed by atoms with Crippen molar-refractivity contribution < 1.29 is 4.79 Å². The standard InChI is InChI=1S/C11H8N2O/c14-7-13-6-5-9-8-3-1-2-4-10(8)12-11(9)13/h1-7,12H. The Labute approximate surface area is 79.9 Å². The smallest absolute Gasteiger partial charge is 0.219 e. The van der Waals surface area contributed by atoms with Crippen LogP contribution in [0.3, 0.4) is 0 Å². The molecule has 68 valence electrons. The topological polar surface area (TPSA) is 37.8 Å². The molecular formula is C11H8N2O. The summed E-state index contributed by atoms with van der Waals surface area (Å²) in [6.07, 6.45) is 2.57. The van der Waals surface area contributed by atoms with Gasteiger partial charge in [0.25, 0.3) is 0 Å². The van der Waals surface area contributed by atoms with E-state index in [2.05, 4.69) is 4.98 Å². The van der Waals surface area contributed by atoms with Crippen LogP contribution in [0.5, 0.6) is 0 Å². The quantitative estimate of drug-likeness (QED) is 0.578. The van der Waals surface area contributed by atoms with E-state index < -0.39 is 0 Å². The molecule has 0 bridgehead atoms. The fourth-order valence-corrected chi connectivity index (χ4v) is 1.84. The lowest BCUT2D eigenvalue weighted by Crippen LogP contribution is -1.90. The molecule has 0 spiro atoms. The van der Waals surface area contributed by atoms with E-state index in [1.165, 1.54) is 0 Å². The number of hydrogen-bond acceptors (Lipinski definition) is 1. The second-order valence-electron chi connectivity index (χ2n) is 3.26. The summed E-state index contributed by atoms with van der Waals surface area (Å²) >= 11 is 0. The Morgan fingerprint density at radius 2 is 2.00 bits per heavy atom. The zero-order valence-corrected chi connectivity index (χ0v) is 7.40. The van der Waals surface area contributed by atoms with Crippen LogP contribution in [0.15, 0.2) is 36.5 Å². The number of aromatic nitrogens is 2. The summed E-state index contributed by atoms with van der Waals surface area (Å²) in [5, 5.41) is 2.25. The molecule has 0 atom stereocenters. The maximum atomic E-state index is 10.7. The predicted octanol–water partition coefficient (Wildman–Crippen LogP) is 2.16. The average Bonchev–Trinajstić information content (AvgIpc) is 2.75. The van der Waals surface area contributed by atoms with Crippen LogP contribution in [-0.2, 0) is 4.79 Å². The van der Waals surface area contributed by atoms with Gasteiger partial charge in [0.2, 0.25) is 6.41 Å². The molecule has 2 heterocycles. The second kappa shape index (κ2) is 2.48. The Balaban J connectivity index is 2.57. The normalized spacial score (nSPS) is 11.1. The monoisotopic (exact) mass is 184 g/mol. The molecule has 14 heavy (non-hydrogen) atoms. The zero-order valence-electron chi connectivity index (χ0n) is 7.40. The van der Waals surface area contributed by atoms with Gasteiger partial charge in [-0.3, -0.25) is 9.36 Å². The molecule has 0 aliphatic carbocycles. The molecule has 0 saturated heterocycles. The van der Waals surface area contributed by atoms with Gasteiger partial charge >= 0.3 is 0 Å². The molecule has 3 rings (SSSR count). The molecule has 1 N–H and O–H groups in total. The number of rotatable bonds is 1. The summed E-state index contributed by atoms with van der Waals surface area (Å²) in [6.45, 7) is 0. The Kier molecular flexibility index (Phi) is 1.31. The van der Waals surface area contributed by atoms with Gasteiger partial charge in [-0.05, 0) is 12.1 Å². The SMILES string of the molecule is O=Cn1ccc2c3ccccc3[nH]c21. The Morgan fingerprint density at radius 1 is 1.14 bits per heavy atom. The molecule has 0 aliphatic heterocycles. The van der Waals surface area contributed by atoms with Gasteiger partial charge in [0, 0.05) is 22.5 Å². The molecular weight excluding hydrogens is 176 g/mol. The number of hydrogen-bond donors (Lipinski definition) is 1. The van der Waals surface area contributed by atoms with Crippen molar-refractivity contribution in [2.45, 2.75) is 0 Å². The van der Waals surface area contributed by atoms with Gasteiger partial charge in [-0.25, -0.2) is 0 Å². The highest BCUT2D eigenvalue weighted by Crippen LogP contribution is 2.24. The first-order chi connectivity index (χ1) is 6.90. The van der Waals surface area contributed by atoms with Gasteiger partial charge in [-0.1, -0.05) is 18.2 Å². The largest absolute Gasteiger partial charge is 0.340 e. The van der Waals surface area contributed by atoms with Gasteiger partial charge in [-0.2, -0.15) is 0 Å². The first-order valence-corrected chi connectivity index (χ1v) is 4.43. The number of nitrogens with zero attached hydrogens (tertiary/aromatic N) is 1. The van der Waals surface area contributed by atoms with Gasteiger partial charge in [0.05, 0.1) is 0 Å². The second-order valence-corrected chi connectivity index (χ2v) is 3.26. The third-order valence-electron chi connectivity index (χ3n) is 2.50. The van der Waals surface area contributed by atoms with Crippen LogP contribution in [0.2, 0.25) is 0 Å². The summed E-state index contributed by atoms with van der Waals surface area (Å²) in [4.78, 5) is 13.9. The lowest BCUT2D eigenvalue weighted by molar-refractivity contribution is 0.549. The number of carbonyl (C=O) groups excluding carboxylic acids is 1. The maximum Gasteiger partial charge on any atom is 0.219 e. The molecule has 0 amide bonds. The Bertz CT molecular complexity index is 618. The molecule has 0 saturated carbocycles. The van der Waals surface area contributed by atoms with Gasteiger partial charge < -0.3 is 4.98 Å². The third-order valence-corrected chi connectivity index (χ3v) is 2.50. The minimum absolute atomic E-state index is 0.803. The number of carbonyl (C=O) groups is 1. The molecule has 0 radical (unpaired) electrons. The van der Waals surface area contributed by atoms with Crippen LogP contribution in [0.4, 0.5) is 0 Å². The van der Waals surface area contributed by atoms with Crippen LogP contribution >= 0.6 is 0 Å². The Morgan fingerprint density at radius 3 is 2.86 bits per heavy atom. The summed E-state index contributed by atoms with van der Waals surface area (Å²) in [5.74, 6) is 0. The van der Waals surface area contributed by atoms with Crippen molar-refractivity contribution in [1.82, 2.24) is 9.55 Å². The lowest BCUT2D eigenvalue weighted by atomic mass is 10.2. The first-order valence-electron chi connectivity index (χ1n) is 4.43. The number of para-hydroxylation sites is 1. The molecule has 0 unspecified atom stereocenters. The summed E-state index contributed by atoms with van der Waals surface area (Å²) in [5.41, 5.74) is 1.93. The van der Waals surface area contributed by atoms with E-state index in [4.69, 9.17) is 0 Å². The van der Waals surface area contributed by atoms with E-state index in [1.807, 2.05) is 30.3 Å². The third kappa shape index (κ3) is 0.785. The van der Waals surface area contributed by atoms with E-state index in [0.29, 0.717) is 0 Å². The lowest BCUT2D eigenvalue weighted by Gasteiger charge is -1.87. The van der Waals surface area contributed by atoms with E-state index >= 15 is 0 Å². The van der Waals surface area contributed by atoms with Crippen LogP contribution in [0, 0.1) is 0 Å². The molecule has 3 nitrogen and oxygen atoms in total. The highest BCUT2D eigenvalue weighted by molar-refractivity contribution is 6.07. The van der Waals surface area contributed by atoms with Crippen molar-refractivity contribution in [3.05, 3.63) is 36.5 Å². The Hall–Kier alpha value is -2.03. The average molecular weight is 184 g/mol. The van der Waals surface area contributed by atoms with Crippen molar-refractivity contribution in [2.75, 3.05) is 0 Å². The van der Waals surface area contributed by atoms with Gasteiger partial charge in [0.1, 0.15) is 5.65 Å². The highest BCUT2D eigenvalue weighted by Gasteiger charge is 2.06. The van der Waals surface area contributed by atoms with Crippen molar-refractivity contribution in [1.29, 1.82) is 0 Å². The zero-order chi connectivity index (χ0) is 9.54. The molecule has 0 aliphatic rings. The van der Waals surface area contributed by atoms with Crippen LogP contribution in [-0.4, -0.2) is 16.0 Å². The summed E-state index contributed by atoms with van der Waals surface area (Å²) in [6, 6.07) is 9.97. The minimum atomic E-state index is 0.803. The summed E-state index contributed by atoms with van der Waals surface area (Å²) in [7, 11) is 0. The predicted molar refractivity (Wildman–Crippen MR) is 55.9 cm³/mol. The minimum Gasteiger partial charge on any atom is -0.340 e. The van der Waals surface area contributed by atoms with E-state index in [0.717, 1.165) is 28.3 Å². The van der Waals surface area contributed by atoms with Crippen molar-refractivity contribution in [2.24, 2.45) is 0 Å². The van der Waals surface area contributed by atoms with Crippen LogP contribution in [0.25, 0.3) is 21.9 Å². The fraction of sp³-hybridized carbons (Fsp3) is 0. The van der Waals surface area contributed by atoms with Crippen molar-refractivity contribution in [3.63, 3.8) is 0 Å². The van der Waals surface area contributed by atoms with Crippen LogP contribution < -0.4 is 0 Å². The van der Waals surface area contributed by atoms with E-state index in [1.54, 1.807) is 10.8 Å². The number of H-pyrrole nitrogens is 1. The van der Waals surface area contributed by atoms with E-state index in [9.17, 15) is 4.79 Å². The number of nitrogens with one attached hydrogen (secondary N) is 1. The molecule has 3 heteroatoms. The van der Waals surface area contributed by atoms with E-state index in [-0.39, 0.29) is 0 Å².